The van der Waals surface area contributed by atoms with E-state index in [2.05, 4.69) is 15.6 Å². The fraction of sp³-hybridized carbons (Fsp3) is 0.233. The molecule has 0 fully saturated rings. The van der Waals surface area contributed by atoms with Gasteiger partial charge in [0.25, 0.3) is 11.8 Å². The molecule has 210 valence electrons. The van der Waals surface area contributed by atoms with Gasteiger partial charge in [0.2, 0.25) is 11.8 Å². The summed E-state index contributed by atoms with van der Waals surface area (Å²) < 4.78 is 0. The number of hydrogen-bond donors (Lipinski definition) is 2. The van der Waals surface area contributed by atoms with E-state index in [1.807, 2.05) is 0 Å². The highest BCUT2D eigenvalue weighted by atomic mass is 16.2. The summed E-state index contributed by atoms with van der Waals surface area (Å²) in [5.74, 6) is -2.44. The number of hydrogen-bond acceptors (Lipinski definition) is 7. The monoisotopic (exact) mass is 555 g/mol. The lowest BCUT2D eigenvalue weighted by atomic mass is 10.1. The zero-order valence-electron chi connectivity index (χ0n) is 22.4. The average molecular weight is 556 g/mol. The number of amides is 4. The van der Waals surface area contributed by atoms with Crippen LogP contribution in [0.5, 0.6) is 0 Å². The van der Waals surface area contributed by atoms with Crippen LogP contribution in [0.1, 0.15) is 29.3 Å². The highest BCUT2D eigenvalue weighted by Gasteiger charge is 2.37. The maximum atomic E-state index is 13.9. The number of nitrogens with one attached hydrogen (secondary N) is 2. The Morgan fingerprint density at radius 3 is 2.29 bits per heavy atom. The molecule has 0 aliphatic carbocycles. The van der Waals surface area contributed by atoms with E-state index < -0.39 is 36.3 Å². The number of carbonyl (C=O) groups excluding carboxylic acids is 6. The summed E-state index contributed by atoms with van der Waals surface area (Å²) in [6.45, 7) is 0.606. The van der Waals surface area contributed by atoms with Crippen molar-refractivity contribution in [3.05, 3.63) is 90.3 Å². The first kappa shape index (κ1) is 28.8. The molecule has 0 unspecified atom stereocenters. The van der Waals surface area contributed by atoms with Crippen LogP contribution in [0.2, 0.25) is 0 Å². The number of benzene rings is 2. The highest BCUT2D eigenvalue weighted by Crippen LogP contribution is 2.33. The second-order valence-electron chi connectivity index (χ2n) is 9.56. The first-order chi connectivity index (χ1) is 19.8. The highest BCUT2D eigenvalue weighted by molar-refractivity contribution is 6.11. The maximum Gasteiger partial charge on any atom is 0.251 e. The number of para-hydroxylation sites is 2. The molecule has 2 heterocycles. The molecular weight excluding hydrogens is 526 g/mol. The van der Waals surface area contributed by atoms with Crippen LogP contribution in [-0.4, -0.2) is 65.9 Å². The molecule has 1 aliphatic rings. The van der Waals surface area contributed by atoms with E-state index in [1.165, 1.54) is 16.7 Å². The van der Waals surface area contributed by atoms with Crippen LogP contribution < -0.4 is 20.4 Å². The van der Waals surface area contributed by atoms with E-state index in [0.717, 1.165) is 0 Å². The summed E-state index contributed by atoms with van der Waals surface area (Å²) in [4.78, 5) is 83.1. The Balaban J connectivity index is 1.69. The largest absolute Gasteiger partial charge is 0.345 e. The molecule has 0 radical (unpaired) electrons. The number of aromatic nitrogens is 1. The van der Waals surface area contributed by atoms with Crippen LogP contribution in [-0.2, 0) is 30.4 Å². The van der Waals surface area contributed by atoms with Crippen LogP contribution in [0.15, 0.2) is 79.1 Å². The van der Waals surface area contributed by atoms with E-state index in [9.17, 15) is 28.8 Å². The lowest BCUT2D eigenvalue weighted by Crippen LogP contribution is -2.54. The number of ketones is 1. The first-order valence-corrected chi connectivity index (χ1v) is 13.0. The van der Waals surface area contributed by atoms with Gasteiger partial charge in [-0.15, -0.1) is 0 Å². The standard InChI is InChI=1S/C30H29N5O6/c1-20(37)15-23(19-36)32-27(38)18-35-26-10-6-5-9-25(26)34(28(39)16-21-11-13-31-14-12-21)17-24(30(35)41)33-29(40)22-7-3-2-4-8-22/h2-14,19,23-24H,15-18H2,1H3,(H,32,38)(H,33,40)/t23-,24-/m0/s1. The van der Waals surface area contributed by atoms with Gasteiger partial charge in [0.15, 0.2) is 0 Å². The third-order valence-electron chi connectivity index (χ3n) is 6.46. The fourth-order valence-corrected chi connectivity index (χ4v) is 4.53. The smallest absolute Gasteiger partial charge is 0.251 e. The Morgan fingerprint density at radius 1 is 0.976 bits per heavy atom. The summed E-state index contributed by atoms with van der Waals surface area (Å²) in [6, 6.07) is 16.1. The zero-order valence-corrected chi connectivity index (χ0v) is 22.4. The maximum absolute atomic E-state index is 13.9. The number of fused-ring (bicyclic) bond motifs is 1. The Bertz CT molecular complexity index is 1450. The van der Waals surface area contributed by atoms with Crippen LogP contribution in [0.4, 0.5) is 11.4 Å². The number of anilines is 2. The predicted octanol–water partition coefficient (Wildman–Crippen LogP) is 1.47. The number of pyridine rings is 1. The molecule has 1 aliphatic heterocycles. The van der Waals surface area contributed by atoms with E-state index in [4.69, 9.17) is 0 Å². The van der Waals surface area contributed by atoms with Gasteiger partial charge in [0.1, 0.15) is 24.7 Å². The van der Waals surface area contributed by atoms with Gasteiger partial charge in [-0.25, -0.2) is 0 Å². The molecule has 3 aromatic rings. The third kappa shape index (κ3) is 7.27. The number of carbonyl (C=O) groups is 6. The quantitative estimate of drug-likeness (QED) is 0.360. The predicted molar refractivity (Wildman–Crippen MR) is 150 cm³/mol. The molecule has 11 heteroatoms. The van der Waals surface area contributed by atoms with Gasteiger partial charge in [0.05, 0.1) is 30.4 Å². The van der Waals surface area contributed by atoms with Gasteiger partial charge in [-0.2, -0.15) is 0 Å². The Morgan fingerprint density at radius 2 is 1.63 bits per heavy atom. The number of rotatable bonds is 10. The number of Topliss-reactive ketones (excluding diaryl/α,β-unsaturated/α-hetero) is 1. The summed E-state index contributed by atoms with van der Waals surface area (Å²) in [7, 11) is 0. The fourth-order valence-electron chi connectivity index (χ4n) is 4.53. The lowest BCUT2D eigenvalue weighted by molar-refractivity contribution is -0.127. The minimum atomic E-state index is -1.21. The molecule has 1 aromatic heterocycles. The average Bonchev–Trinajstić information content (AvgIpc) is 3.08. The van der Waals surface area contributed by atoms with Crippen molar-refractivity contribution in [2.75, 3.05) is 22.9 Å². The number of nitrogens with zero attached hydrogens (tertiary/aromatic N) is 3. The molecular formula is C30H29N5O6. The van der Waals surface area contributed by atoms with Crippen LogP contribution in [0, 0.1) is 0 Å². The third-order valence-corrected chi connectivity index (χ3v) is 6.46. The Labute approximate surface area is 236 Å². The van der Waals surface area contributed by atoms with Crippen molar-refractivity contribution in [1.82, 2.24) is 15.6 Å². The molecule has 2 N–H and O–H groups in total. The summed E-state index contributed by atoms with van der Waals surface area (Å²) >= 11 is 0. The lowest BCUT2D eigenvalue weighted by Gasteiger charge is -2.25. The Kier molecular flexibility index (Phi) is 9.31. The molecule has 2 atom stereocenters. The molecule has 2 aromatic carbocycles. The van der Waals surface area contributed by atoms with Gasteiger partial charge in [-0.1, -0.05) is 30.3 Å². The van der Waals surface area contributed by atoms with Crippen molar-refractivity contribution in [3.8, 4) is 0 Å². The van der Waals surface area contributed by atoms with Gasteiger partial charge < -0.3 is 20.3 Å². The van der Waals surface area contributed by atoms with Crippen LogP contribution >= 0.6 is 0 Å². The van der Waals surface area contributed by atoms with Crippen molar-refractivity contribution in [2.24, 2.45) is 0 Å². The Hall–Kier alpha value is -5.19. The SMILES string of the molecule is CC(=O)C[C@@H](C=O)NC(=O)CN1C(=O)[C@@H](NC(=O)c2ccccc2)CN(C(=O)Cc2ccncc2)c2ccccc21. The van der Waals surface area contributed by atoms with Crippen molar-refractivity contribution in [2.45, 2.75) is 31.8 Å². The molecule has 4 amide bonds. The van der Waals surface area contributed by atoms with E-state index in [-0.39, 0.29) is 36.8 Å². The zero-order chi connectivity index (χ0) is 29.4. The molecule has 0 saturated heterocycles. The summed E-state index contributed by atoms with van der Waals surface area (Å²) in [5.41, 5.74) is 1.69. The molecule has 41 heavy (non-hydrogen) atoms. The van der Waals surface area contributed by atoms with E-state index >= 15 is 0 Å². The van der Waals surface area contributed by atoms with Crippen molar-refractivity contribution < 1.29 is 28.8 Å². The van der Waals surface area contributed by atoms with Gasteiger partial charge in [-0.05, 0) is 48.9 Å². The summed E-state index contributed by atoms with van der Waals surface area (Å²) in [6.07, 6.45) is 3.43. The second kappa shape index (κ2) is 13.2. The van der Waals surface area contributed by atoms with Gasteiger partial charge in [0, 0.05) is 24.4 Å². The molecule has 0 bridgehead atoms. The molecule has 4 rings (SSSR count). The second-order valence-corrected chi connectivity index (χ2v) is 9.56. The topological polar surface area (TPSA) is 146 Å². The summed E-state index contributed by atoms with van der Waals surface area (Å²) in [5, 5.41) is 5.19. The number of aldehydes is 1. The molecule has 0 saturated carbocycles. The van der Waals surface area contributed by atoms with Crippen molar-refractivity contribution in [3.63, 3.8) is 0 Å². The normalized spacial score (nSPS) is 15.2. The van der Waals surface area contributed by atoms with Crippen LogP contribution in [0.3, 0.4) is 0 Å². The van der Waals surface area contributed by atoms with Crippen molar-refractivity contribution >= 4 is 47.1 Å². The van der Waals surface area contributed by atoms with Crippen LogP contribution in [0.25, 0.3) is 0 Å². The molecule has 0 spiro atoms. The van der Waals surface area contributed by atoms with Gasteiger partial charge >= 0.3 is 0 Å². The first-order valence-electron chi connectivity index (χ1n) is 13.0. The minimum Gasteiger partial charge on any atom is -0.345 e. The molecule has 11 nitrogen and oxygen atoms in total. The van der Waals surface area contributed by atoms with E-state index in [1.54, 1.807) is 79.1 Å². The van der Waals surface area contributed by atoms with E-state index in [0.29, 0.717) is 23.1 Å². The minimum absolute atomic E-state index is 0.0109. The van der Waals surface area contributed by atoms with Crippen molar-refractivity contribution in [1.29, 1.82) is 0 Å². The van der Waals surface area contributed by atoms with Gasteiger partial charge in [-0.3, -0.25) is 33.9 Å².